The van der Waals surface area contributed by atoms with E-state index in [1.165, 1.54) is 12.1 Å². The van der Waals surface area contributed by atoms with Crippen LogP contribution in [0.5, 0.6) is 0 Å². The molecule has 0 bridgehead atoms. The highest BCUT2D eigenvalue weighted by Gasteiger charge is 2.39. The van der Waals surface area contributed by atoms with Crippen molar-refractivity contribution < 1.29 is 18.0 Å². The number of aromatic nitrogens is 2. The van der Waals surface area contributed by atoms with Crippen molar-refractivity contribution in [3.63, 3.8) is 0 Å². The van der Waals surface area contributed by atoms with Gasteiger partial charge in [0.2, 0.25) is 5.91 Å². The van der Waals surface area contributed by atoms with Crippen LogP contribution in [0.3, 0.4) is 0 Å². The summed E-state index contributed by atoms with van der Waals surface area (Å²) < 4.78 is 41.8. The van der Waals surface area contributed by atoms with Gasteiger partial charge in [0, 0.05) is 43.9 Å². The van der Waals surface area contributed by atoms with Crippen LogP contribution in [0.4, 0.5) is 13.2 Å². The molecule has 2 atom stereocenters. The molecule has 1 amide bonds. The van der Waals surface area contributed by atoms with Crippen LogP contribution < -0.4 is 5.32 Å². The average Bonchev–Trinajstić information content (AvgIpc) is 3.25. The third-order valence-corrected chi connectivity index (χ3v) is 6.83. The smallest absolute Gasteiger partial charge is 0.358 e. The Morgan fingerprint density at radius 2 is 1.84 bits per heavy atom. The molecule has 200 valence electrons. The lowest BCUT2D eigenvalue weighted by Gasteiger charge is -2.41. The molecule has 5 nitrogen and oxygen atoms in total. The zero-order chi connectivity index (χ0) is 27.2. The molecule has 0 aliphatic carbocycles. The summed E-state index contributed by atoms with van der Waals surface area (Å²) in [6.07, 6.45) is -2.59. The Bertz CT molecular complexity index is 1170. The second-order valence-corrected chi connectivity index (χ2v) is 8.93. The van der Waals surface area contributed by atoms with Crippen LogP contribution in [0.1, 0.15) is 72.9 Å². The van der Waals surface area contributed by atoms with E-state index in [-0.39, 0.29) is 11.9 Å². The molecule has 0 saturated carbocycles. The Morgan fingerprint density at radius 3 is 2.46 bits per heavy atom. The summed E-state index contributed by atoms with van der Waals surface area (Å²) in [5.41, 5.74) is 4.03. The number of aryl methyl sites for hydroxylation is 3. The molecule has 8 heteroatoms. The summed E-state index contributed by atoms with van der Waals surface area (Å²) in [6, 6.07) is 14.5. The number of rotatable bonds is 7. The van der Waals surface area contributed by atoms with E-state index in [4.69, 9.17) is 5.10 Å². The molecule has 1 aliphatic rings. The Balaban J connectivity index is 0.00000186. The molecular formula is C29H37F3N4O. The predicted octanol–water partition coefficient (Wildman–Crippen LogP) is 6.28. The molecule has 0 fully saturated rings. The second-order valence-electron chi connectivity index (χ2n) is 8.93. The van der Waals surface area contributed by atoms with Gasteiger partial charge in [-0.2, -0.15) is 18.3 Å². The van der Waals surface area contributed by atoms with Crippen molar-refractivity contribution in [3.8, 4) is 0 Å². The standard InChI is InChI=1S/C27H31F3N4O.C2H6/c1-4-34-23-15-16-33(25(26(35)31-3)20-10-6-5-7-11-20)22(24(23)18(2)32-34)14-13-19-9-8-12-21(17-19)27(28,29)30;1-2/h5-12,17,22,25H,4,13-16H2,1-3H3,(H,31,35);1-2H3. The number of hydrogen-bond acceptors (Lipinski definition) is 3. The Morgan fingerprint density at radius 1 is 1.14 bits per heavy atom. The number of nitrogens with one attached hydrogen (secondary N) is 1. The maximum absolute atomic E-state index is 13.3. The number of nitrogens with zero attached hydrogens (tertiary/aromatic N) is 3. The van der Waals surface area contributed by atoms with Crippen molar-refractivity contribution in [2.24, 2.45) is 0 Å². The fourth-order valence-electron chi connectivity index (χ4n) is 5.25. The highest BCUT2D eigenvalue weighted by molar-refractivity contribution is 5.83. The normalized spacial score (nSPS) is 16.4. The summed E-state index contributed by atoms with van der Waals surface area (Å²) in [5, 5.41) is 7.54. The molecule has 0 saturated heterocycles. The van der Waals surface area contributed by atoms with Crippen molar-refractivity contribution in [3.05, 3.63) is 88.2 Å². The van der Waals surface area contributed by atoms with E-state index >= 15 is 0 Å². The number of alkyl halides is 3. The minimum absolute atomic E-state index is 0.107. The summed E-state index contributed by atoms with van der Waals surface area (Å²) in [4.78, 5) is 15.3. The van der Waals surface area contributed by atoms with Gasteiger partial charge in [0.25, 0.3) is 0 Å². The lowest BCUT2D eigenvalue weighted by atomic mass is 9.88. The zero-order valence-corrected chi connectivity index (χ0v) is 22.3. The molecule has 0 radical (unpaired) electrons. The number of fused-ring (bicyclic) bond motifs is 1. The number of carbonyl (C=O) groups excluding carboxylic acids is 1. The number of halogens is 3. The number of hydrogen-bond donors (Lipinski definition) is 1. The molecule has 4 rings (SSSR count). The molecule has 2 aromatic carbocycles. The van der Waals surface area contributed by atoms with Crippen LogP contribution in [-0.2, 0) is 30.4 Å². The van der Waals surface area contributed by atoms with E-state index in [0.717, 1.165) is 41.5 Å². The van der Waals surface area contributed by atoms with E-state index in [9.17, 15) is 18.0 Å². The van der Waals surface area contributed by atoms with Gasteiger partial charge < -0.3 is 5.32 Å². The van der Waals surface area contributed by atoms with Crippen molar-refractivity contribution >= 4 is 5.91 Å². The first-order valence-corrected chi connectivity index (χ1v) is 13.0. The fourth-order valence-corrected chi connectivity index (χ4v) is 5.25. The molecule has 1 aliphatic heterocycles. The lowest BCUT2D eigenvalue weighted by Crippen LogP contribution is -2.45. The van der Waals surface area contributed by atoms with Crippen molar-refractivity contribution in [2.45, 2.75) is 71.8 Å². The van der Waals surface area contributed by atoms with Crippen LogP contribution in [0.2, 0.25) is 0 Å². The minimum atomic E-state index is -4.38. The average molecular weight is 515 g/mol. The molecule has 3 aromatic rings. The SMILES string of the molecule is CC.CCn1nc(C)c2c1CCN(C(C(=O)NC)c1ccccc1)C2CCc1cccc(C(F)(F)F)c1. The van der Waals surface area contributed by atoms with E-state index in [1.54, 1.807) is 13.1 Å². The number of likely N-dealkylation sites (N-methyl/N-ethyl adjacent to an activating group) is 1. The summed E-state index contributed by atoms with van der Waals surface area (Å²) in [7, 11) is 1.63. The first-order chi connectivity index (χ1) is 17.7. The van der Waals surface area contributed by atoms with E-state index in [0.29, 0.717) is 24.9 Å². The van der Waals surface area contributed by atoms with Gasteiger partial charge in [0.05, 0.1) is 11.3 Å². The number of benzene rings is 2. The van der Waals surface area contributed by atoms with Gasteiger partial charge in [-0.15, -0.1) is 0 Å². The van der Waals surface area contributed by atoms with Gasteiger partial charge in [-0.3, -0.25) is 14.4 Å². The van der Waals surface area contributed by atoms with Crippen LogP contribution in [-0.4, -0.2) is 34.2 Å². The summed E-state index contributed by atoms with van der Waals surface area (Å²) in [6.45, 7) is 9.42. The first kappa shape index (κ1) is 28.4. The van der Waals surface area contributed by atoms with Crippen LogP contribution in [0.15, 0.2) is 54.6 Å². The third-order valence-electron chi connectivity index (χ3n) is 6.83. The van der Waals surface area contributed by atoms with E-state index < -0.39 is 17.8 Å². The monoisotopic (exact) mass is 514 g/mol. The van der Waals surface area contributed by atoms with E-state index in [2.05, 4.69) is 10.2 Å². The molecular weight excluding hydrogens is 477 g/mol. The molecule has 1 N–H and O–H groups in total. The third kappa shape index (κ3) is 6.24. The highest BCUT2D eigenvalue weighted by Crippen LogP contribution is 2.41. The maximum Gasteiger partial charge on any atom is 0.416 e. The molecule has 37 heavy (non-hydrogen) atoms. The number of amides is 1. The van der Waals surface area contributed by atoms with E-state index in [1.807, 2.05) is 62.7 Å². The molecule has 0 spiro atoms. The quantitative estimate of drug-likeness (QED) is 0.404. The van der Waals surface area contributed by atoms with Gasteiger partial charge in [-0.1, -0.05) is 62.4 Å². The largest absolute Gasteiger partial charge is 0.416 e. The molecule has 1 aromatic heterocycles. The lowest BCUT2D eigenvalue weighted by molar-refractivity contribution is -0.137. The maximum atomic E-state index is 13.3. The van der Waals surface area contributed by atoms with Gasteiger partial charge in [0.15, 0.2) is 0 Å². The van der Waals surface area contributed by atoms with Gasteiger partial charge in [-0.05, 0) is 43.9 Å². The topological polar surface area (TPSA) is 50.2 Å². The molecule has 2 heterocycles. The van der Waals surface area contributed by atoms with Crippen LogP contribution >= 0.6 is 0 Å². The zero-order valence-electron chi connectivity index (χ0n) is 22.3. The van der Waals surface area contributed by atoms with Crippen molar-refractivity contribution in [1.29, 1.82) is 0 Å². The van der Waals surface area contributed by atoms with Crippen molar-refractivity contribution in [1.82, 2.24) is 20.0 Å². The molecule has 2 unspecified atom stereocenters. The van der Waals surface area contributed by atoms with Crippen molar-refractivity contribution in [2.75, 3.05) is 13.6 Å². The number of carbonyl (C=O) groups is 1. The van der Waals surface area contributed by atoms with Gasteiger partial charge in [0.1, 0.15) is 6.04 Å². The van der Waals surface area contributed by atoms with Gasteiger partial charge in [-0.25, -0.2) is 0 Å². The van der Waals surface area contributed by atoms with Crippen LogP contribution in [0.25, 0.3) is 0 Å². The second kappa shape index (κ2) is 12.4. The Hall–Kier alpha value is -3.13. The Labute approximate surface area is 217 Å². The summed E-state index contributed by atoms with van der Waals surface area (Å²) >= 11 is 0. The fraction of sp³-hybridized carbons (Fsp3) is 0.448. The van der Waals surface area contributed by atoms with Crippen LogP contribution in [0, 0.1) is 6.92 Å². The summed E-state index contributed by atoms with van der Waals surface area (Å²) in [5.74, 6) is -0.107. The minimum Gasteiger partial charge on any atom is -0.358 e. The Kier molecular flexibility index (Phi) is 9.54. The first-order valence-electron chi connectivity index (χ1n) is 13.0. The predicted molar refractivity (Wildman–Crippen MR) is 140 cm³/mol. The van der Waals surface area contributed by atoms with Gasteiger partial charge >= 0.3 is 6.18 Å². The highest BCUT2D eigenvalue weighted by atomic mass is 19.4.